The Bertz CT molecular complexity index is 870. The summed E-state index contributed by atoms with van der Waals surface area (Å²) in [5.74, 6) is -1.58. The Hall–Kier alpha value is -2.61. The number of hydrogen-bond acceptors (Lipinski definition) is 5. The Morgan fingerprint density at radius 1 is 1.25 bits per heavy atom. The normalized spacial score (nSPS) is 12.1. The number of halogens is 2. The van der Waals surface area contributed by atoms with Crippen LogP contribution in [0.2, 0.25) is 0 Å². The average Bonchev–Trinajstić information content (AvgIpc) is 3.03. The number of carbonyl (C=O) groups is 1. The largest absolute Gasteiger partial charge is 0.293 e. The van der Waals surface area contributed by atoms with Gasteiger partial charge in [-0.1, -0.05) is 17.8 Å². The Balaban J connectivity index is 1.74. The number of aromatic nitrogens is 4. The zero-order valence-corrected chi connectivity index (χ0v) is 13.3. The van der Waals surface area contributed by atoms with Crippen LogP contribution in [0.5, 0.6) is 0 Å². The van der Waals surface area contributed by atoms with Crippen LogP contribution < -0.4 is 0 Å². The fourth-order valence-electron chi connectivity index (χ4n) is 2.04. The number of ketones is 1. The highest BCUT2D eigenvalue weighted by molar-refractivity contribution is 8.00. The molecule has 0 aliphatic heterocycles. The highest BCUT2D eigenvalue weighted by Crippen LogP contribution is 2.25. The lowest BCUT2D eigenvalue weighted by molar-refractivity contribution is 0.0990. The number of rotatable bonds is 5. The summed E-state index contributed by atoms with van der Waals surface area (Å²) in [6.45, 7) is 1.62. The molecule has 0 saturated heterocycles. The van der Waals surface area contributed by atoms with Gasteiger partial charge in [0.2, 0.25) is 5.16 Å². The van der Waals surface area contributed by atoms with Crippen molar-refractivity contribution >= 4 is 17.5 Å². The number of benzene rings is 1. The first-order valence-electron chi connectivity index (χ1n) is 7.04. The van der Waals surface area contributed by atoms with E-state index < -0.39 is 22.7 Å². The Kier molecular flexibility index (Phi) is 4.66. The van der Waals surface area contributed by atoms with Crippen LogP contribution >= 0.6 is 11.8 Å². The van der Waals surface area contributed by atoms with Crippen LogP contribution in [0.25, 0.3) is 11.5 Å². The number of H-pyrrole nitrogens is 1. The topological polar surface area (TPSA) is 71.5 Å². The summed E-state index contributed by atoms with van der Waals surface area (Å²) in [6, 6.07) is 8.27. The monoisotopic (exact) mass is 346 g/mol. The van der Waals surface area contributed by atoms with Gasteiger partial charge in [-0.15, -0.1) is 5.10 Å². The van der Waals surface area contributed by atoms with Crippen LogP contribution in [0.1, 0.15) is 17.3 Å². The fourth-order valence-corrected chi connectivity index (χ4v) is 2.83. The van der Waals surface area contributed by atoms with Crippen LogP contribution in [0.3, 0.4) is 0 Å². The summed E-state index contributed by atoms with van der Waals surface area (Å²) >= 11 is 1.08. The van der Waals surface area contributed by atoms with Gasteiger partial charge in [0.15, 0.2) is 11.6 Å². The van der Waals surface area contributed by atoms with Crippen LogP contribution in [0, 0.1) is 11.6 Å². The molecule has 2 aromatic heterocycles. The molecule has 1 aromatic carbocycles. The molecular weight excluding hydrogens is 334 g/mol. The molecule has 0 aliphatic carbocycles. The molecule has 2 heterocycles. The van der Waals surface area contributed by atoms with Crippen molar-refractivity contribution in [1.82, 2.24) is 20.2 Å². The lowest BCUT2D eigenvalue weighted by atomic mass is 10.1. The predicted molar refractivity (Wildman–Crippen MR) is 85.6 cm³/mol. The van der Waals surface area contributed by atoms with Gasteiger partial charge in [0, 0.05) is 12.3 Å². The number of hydrogen-bond donors (Lipinski definition) is 1. The molecule has 0 saturated carbocycles. The van der Waals surface area contributed by atoms with E-state index in [0.29, 0.717) is 22.7 Å². The summed E-state index contributed by atoms with van der Waals surface area (Å²) in [6.07, 6.45) is 1.63. The van der Waals surface area contributed by atoms with Gasteiger partial charge in [0.1, 0.15) is 17.3 Å². The third kappa shape index (κ3) is 3.48. The lowest BCUT2D eigenvalue weighted by Gasteiger charge is -2.08. The first-order valence-corrected chi connectivity index (χ1v) is 7.92. The van der Waals surface area contributed by atoms with Crippen LogP contribution in [-0.2, 0) is 0 Å². The van der Waals surface area contributed by atoms with Gasteiger partial charge in [-0.2, -0.15) is 4.98 Å². The van der Waals surface area contributed by atoms with E-state index in [1.807, 2.05) is 6.07 Å². The molecule has 0 amide bonds. The third-order valence-corrected chi connectivity index (χ3v) is 4.18. The van der Waals surface area contributed by atoms with Gasteiger partial charge in [0.25, 0.3) is 0 Å². The first-order chi connectivity index (χ1) is 11.5. The first kappa shape index (κ1) is 16.3. The summed E-state index contributed by atoms with van der Waals surface area (Å²) in [7, 11) is 0. The van der Waals surface area contributed by atoms with E-state index in [2.05, 4.69) is 20.2 Å². The number of pyridine rings is 1. The molecule has 3 aromatic rings. The lowest BCUT2D eigenvalue weighted by Crippen LogP contribution is -2.15. The highest BCUT2D eigenvalue weighted by Gasteiger charge is 2.22. The van der Waals surface area contributed by atoms with E-state index in [1.54, 1.807) is 25.3 Å². The third-order valence-electron chi connectivity index (χ3n) is 3.22. The molecule has 0 fully saturated rings. The van der Waals surface area contributed by atoms with Crippen molar-refractivity contribution in [2.24, 2.45) is 0 Å². The summed E-state index contributed by atoms with van der Waals surface area (Å²) in [5, 5.41) is 6.49. The Morgan fingerprint density at radius 2 is 2.08 bits per heavy atom. The Labute approximate surface area is 140 Å². The van der Waals surface area contributed by atoms with E-state index in [1.165, 1.54) is 0 Å². The molecule has 0 spiro atoms. The van der Waals surface area contributed by atoms with Crippen molar-refractivity contribution < 1.29 is 13.6 Å². The standard InChI is InChI=1S/C16H12F2N4OS/c1-9(14(23)11-6-5-10(17)8-12(11)18)24-16-20-15(21-22-16)13-4-2-3-7-19-13/h2-9H,1H3,(H,20,21,22). The predicted octanol–water partition coefficient (Wildman–Crippen LogP) is 3.51. The van der Waals surface area contributed by atoms with Crippen LogP contribution in [-0.4, -0.2) is 31.2 Å². The number of aromatic amines is 1. The van der Waals surface area contributed by atoms with Gasteiger partial charge in [-0.25, -0.2) is 8.78 Å². The van der Waals surface area contributed by atoms with Gasteiger partial charge >= 0.3 is 0 Å². The smallest absolute Gasteiger partial charge is 0.209 e. The zero-order chi connectivity index (χ0) is 17.1. The minimum atomic E-state index is -0.878. The minimum absolute atomic E-state index is 0.156. The van der Waals surface area contributed by atoms with Crippen molar-refractivity contribution in [1.29, 1.82) is 0 Å². The van der Waals surface area contributed by atoms with Crippen molar-refractivity contribution in [3.63, 3.8) is 0 Å². The summed E-state index contributed by atoms with van der Waals surface area (Å²) in [4.78, 5) is 20.7. The summed E-state index contributed by atoms with van der Waals surface area (Å²) in [5.41, 5.74) is 0.470. The maximum absolute atomic E-state index is 13.7. The van der Waals surface area contributed by atoms with Gasteiger partial charge in [0.05, 0.1) is 10.8 Å². The molecule has 1 N–H and O–H groups in total. The number of thioether (sulfide) groups is 1. The SMILES string of the molecule is CC(Sc1n[nH]c(-c2ccccn2)n1)C(=O)c1ccc(F)cc1F. The highest BCUT2D eigenvalue weighted by atomic mass is 32.2. The number of carbonyl (C=O) groups excluding carboxylic acids is 1. The molecule has 0 aliphatic rings. The van der Waals surface area contributed by atoms with E-state index in [9.17, 15) is 13.6 Å². The second-order valence-corrected chi connectivity index (χ2v) is 6.24. The molecule has 24 heavy (non-hydrogen) atoms. The van der Waals surface area contributed by atoms with E-state index in [4.69, 9.17) is 0 Å². The second kappa shape index (κ2) is 6.88. The van der Waals surface area contributed by atoms with Gasteiger partial charge in [-0.05, 0) is 31.2 Å². The molecule has 1 unspecified atom stereocenters. The van der Waals surface area contributed by atoms with Gasteiger partial charge < -0.3 is 0 Å². The van der Waals surface area contributed by atoms with E-state index in [0.717, 1.165) is 23.9 Å². The molecule has 122 valence electrons. The molecule has 1 atom stereocenters. The van der Waals surface area contributed by atoms with Crippen molar-refractivity contribution in [2.45, 2.75) is 17.3 Å². The van der Waals surface area contributed by atoms with E-state index >= 15 is 0 Å². The molecular formula is C16H12F2N4OS. The molecule has 0 radical (unpaired) electrons. The van der Waals surface area contributed by atoms with Crippen LogP contribution in [0.4, 0.5) is 8.78 Å². The Morgan fingerprint density at radius 3 is 2.79 bits per heavy atom. The molecule has 3 rings (SSSR count). The maximum Gasteiger partial charge on any atom is 0.209 e. The average molecular weight is 346 g/mol. The zero-order valence-electron chi connectivity index (χ0n) is 12.5. The summed E-state index contributed by atoms with van der Waals surface area (Å²) < 4.78 is 26.6. The quantitative estimate of drug-likeness (QED) is 0.565. The minimum Gasteiger partial charge on any atom is -0.293 e. The second-order valence-electron chi connectivity index (χ2n) is 4.93. The fraction of sp³-hybridized carbons (Fsp3) is 0.125. The molecule has 5 nitrogen and oxygen atoms in total. The van der Waals surface area contributed by atoms with Gasteiger partial charge in [-0.3, -0.25) is 14.9 Å². The molecule has 8 heteroatoms. The number of nitrogens with one attached hydrogen (secondary N) is 1. The van der Waals surface area contributed by atoms with E-state index in [-0.39, 0.29) is 5.56 Å². The number of nitrogens with zero attached hydrogens (tertiary/aromatic N) is 3. The number of Topliss-reactive ketones (excluding diaryl/α,β-unsaturated/α-hetero) is 1. The maximum atomic E-state index is 13.7. The van der Waals surface area contributed by atoms with Crippen molar-refractivity contribution in [2.75, 3.05) is 0 Å². The van der Waals surface area contributed by atoms with Crippen LogP contribution in [0.15, 0.2) is 47.8 Å². The van der Waals surface area contributed by atoms with Crippen molar-refractivity contribution in [3.8, 4) is 11.5 Å². The van der Waals surface area contributed by atoms with Crippen molar-refractivity contribution in [3.05, 3.63) is 59.8 Å². The molecule has 0 bridgehead atoms.